The topological polar surface area (TPSA) is 96.6 Å². The molecule has 2 amide bonds. The normalized spacial score (nSPS) is 27.3. The van der Waals surface area contributed by atoms with E-state index in [0.717, 1.165) is 17.7 Å². The van der Waals surface area contributed by atoms with Crippen LogP contribution in [0.3, 0.4) is 0 Å². The van der Waals surface area contributed by atoms with Crippen molar-refractivity contribution in [3.8, 4) is 0 Å². The predicted molar refractivity (Wildman–Crippen MR) is 92.3 cm³/mol. The summed E-state index contributed by atoms with van der Waals surface area (Å²) in [6.45, 7) is 2.05. The monoisotopic (exact) mass is 332 g/mol. The quantitative estimate of drug-likeness (QED) is 0.783. The molecular weight excluding hydrogens is 312 g/mol. The first-order valence-corrected chi connectivity index (χ1v) is 8.64. The summed E-state index contributed by atoms with van der Waals surface area (Å²) in [6, 6.07) is 7.23. The zero-order chi connectivity index (χ0) is 16.4. The van der Waals surface area contributed by atoms with Crippen molar-refractivity contribution in [2.75, 3.05) is 11.1 Å². The fourth-order valence-electron chi connectivity index (χ4n) is 2.87. The van der Waals surface area contributed by atoms with Gasteiger partial charge in [0.1, 0.15) is 6.04 Å². The molecular formula is C16H20N4O2S. The Balaban J connectivity index is 1.76. The molecule has 2 aliphatic heterocycles. The van der Waals surface area contributed by atoms with Gasteiger partial charge >= 0.3 is 0 Å². The van der Waals surface area contributed by atoms with Crippen molar-refractivity contribution in [2.24, 2.45) is 10.7 Å². The lowest BCUT2D eigenvalue weighted by Crippen LogP contribution is -2.37. The lowest BCUT2D eigenvalue weighted by molar-refractivity contribution is -0.122. The van der Waals surface area contributed by atoms with Crippen molar-refractivity contribution in [1.82, 2.24) is 5.32 Å². The molecule has 0 saturated carbocycles. The SMILES string of the molecule is C[C@@]1(c2cccc(NC(=O)[C@@H]3CCC(=O)N3)c2)CCSC(N)=N1. The molecule has 1 fully saturated rings. The number of amides is 2. The van der Waals surface area contributed by atoms with Gasteiger partial charge in [-0.15, -0.1) is 0 Å². The summed E-state index contributed by atoms with van der Waals surface area (Å²) in [5.74, 6) is 0.674. The van der Waals surface area contributed by atoms with Gasteiger partial charge in [0.15, 0.2) is 5.17 Å². The van der Waals surface area contributed by atoms with Crippen LogP contribution < -0.4 is 16.4 Å². The van der Waals surface area contributed by atoms with E-state index >= 15 is 0 Å². The first-order chi connectivity index (χ1) is 11.0. The molecule has 122 valence electrons. The lowest BCUT2D eigenvalue weighted by Gasteiger charge is -2.30. The van der Waals surface area contributed by atoms with Crippen LogP contribution in [0.1, 0.15) is 31.7 Å². The fourth-order valence-corrected chi connectivity index (χ4v) is 3.84. The molecule has 4 N–H and O–H groups in total. The number of hydrogen-bond acceptors (Lipinski definition) is 5. The molecule has 7 heteroatoms. The Labute approximate surface area is 139 Å². The number of nitrogens with one attached hydrogen (secondary N) is 2. The van der Waals surface area contributed by atoms with Crippen LogP contribution >= 0.6 is 11.8 Å². The minimum absolute atomic E-state index is 0.0732. The summed E-state index contributed by atoms with van der Waals surface area (Å²) in [6.07, 6.45) is 1.84. The molecule has 0 spiro atoms. The Morgan fingerprint density at radius 1 is 1.52 bits per heavy atom. The first kappa shape index (κ1) is 15.9. The second kappa shape index (κ2) is 6.23. The van der Waals surface area contributed by atoms with Crippen LogP contribution in [0.25, 0.3) is 0 Å². The Kier molecular flexibility index (Phi) is 4.30. The van der Waals surface area contributed by atoms with E-state index in [1.54, 1.807) is 11.8 Å². The summed E-state index contributed by atoms with van der Waals surface area (Å²) < 4.78 is 0. The zero-order valence-electron chi connectivity index (χ0n) is 13.0. The molecule has 2 atom stereocenters. The molecule has 1 aromatic rings. The van der Waals surface area contributed by atoms with Gasteiger partial charge in [0.05, 0.1) is 5.54 Å². The number of carbonyl (C=O) groups excluding carboxylic acids is 2. The molecule has 2 aliphatic rings. The highest BCUT2D eigenvalue weighted by atomic mass is 32.2. The van der Waals surface area contributed by atoms with Crippen molar-refractivity contribution in [2.45, 2.75) is 37.8 Å². The number of thioether (sulfide) groups is 1. The molecule has 0 aromatic heterocycles. The molecule has 2 heterocycles. The van der Waals surface area contributed by atoms with E-state index in [1.165, 1.54) is 0 Å². The molecule has 6 nitrogen and oxygen atoms in total. The van der Waals surface area contributed by atoms with E-state index in [0.29, 0.717) is 23.7 Å². The van der Waals surface area contributed by atoms with E-state index in [-0.39, 0.29) is 17.4 Å². The third kappa shape index (κ3) is 3.50. The fraction of sp³-hybridized carbons (Fsp3) is 0.438. The molecule has 1 aromatic carbocycles. The van der Waals surface area contributed by atoms with E-state index in [4.69, 9.17) is 5.73 Å². The Morgan fingerprint density at radius 3 is 3.04 bits per heavy atom. The predicted octanol–water partition coefficient (Wildman–Crippen LogP) is 1.57. The standard InChI is InChI=1S/C16H20N4O2S/c1-16(7-8-23-15(17)20-16)10-3-2-4-11(9-10)18-14(22)12-5-6-13(21)19-12/h2-4,9,12H,5-8H2,1H3,(H2,17,20)(H,18,22)(H,19,21)/t12-,16-/m0/s1. The third-order valence-electron chi connectivity index (χ3n) is 4.26. The van der Waals surface area contributed by atoms with E-state index in [2.05, 4.69) is 22.5 Å². The van der Waals surface area contributed by atoms with Gasteiger partial charge in [0, 0.05) is 17.9 Å². The van der Waals surface area contributed by atoms with Gasteiger partial charge in [0.25, 0.3) is 0 Å². The van der Waals surface area contributed by atoms with Gasteiger partial charge in [-0.1, -0.05) is 23.9 Å². The van der Waals surface area contributed by atoms with Crippen molar-refractivity contribution < 1.29 is 9.59 Å². The number of nitrogens with two attached hydrogens (primary N) is 1. The summed E-state index contributed by atoms with van der Waals surface area (Å²) in [5.41, 5.74) is 7.23. The molecule has 23 heavy (non-hydrogen) atoms. The van der Waals surface area contributed by atoms with Crippen molar-refractivity contribution in [1.29, 1.82) is 0 Å². The maximum absolute atomic E-state index is 12.2. The van der Waals surface area contributed by atoms with E-state index in [9.17, 15) is 9.59 Å². The van der Waals surface area contributed by atoms with Gasteiger partial charge in [0.2, 0.25) is 11.8 Å². The lowest BCUT2D eigenvalue weighted by atomic mass is 9.89. The average Bonchev–Trinajstić information content (AvgIpc) is 2.94. The van der Waals surface area contributed by atoms with Crippen molar-refractivity contribution in [3.63, 3.8) is 0 Å². The smallest absolute Gasteiger partial charge is 0.246 e. The number of anilines is 1. The summed E-state index contributed by atoms with van der Waals surface area (Å²) in [7, 11) is 0. The number of nitrogens with zero attached hydrogens (tertiary/aromatic N) is 1. The van der Waals surface area contributed by atoms with E-state index in [1.807, 2.05) is 24.3 Å². The van der Waals surface area contributed by atoms with Crippen LogP contribution in [-0.2, 0) is 15.1 Å². The van der Waals surface area contributed by atoms with Crippen LogP contribution in [0.4, 0.5) is 5.69 Å². The van der Waals surface area contributed by atoms with Crippen LogP contribution in [0.15, 0.2) is 29.3 Å². The number of carbonyl (C=O) groups is 2. The third-order valence-corrected chi connectivity index (χ3v) is 5.05. The highest BCUT2D eigenvalue weighted by Crippen LogP contribution is 2.35. The zero-order valence-corrected chi connectivity index (χ0v) is 13.8. The average molecular weight is 332 g/mol. The Bertz CT molecular complexity index is 676. The number of aliphatic imine (C=N–C) groups is 1. The van der Waals surface area contributed by atoms with Crippen molar-refractivity contribution in [3.05, 3.63) is 29.8 Å². The number of hydrogen-bond donors (Lipinski definition) is 3. The highest BCUT2D eigenvalue weighted by molar-refractivity contribution is 8.13. The maximum Gasteiger partial charge on any atom is 0.246 e. The van der Waals surface area contributed by atoms with Crippen LogP contribution in [-0.4, -0.2) is 28.8 Å². The van der Waals surface area contributed by atoms with Gasteiger partial charge in [-0.05, 0) is 37.5 Å². The molecule has 3 rings (SSSR count). The Hall–Kier alpha value is -2.02. The van der Waals surface area contributed by atoms with Gasteiger partial charge in [-0.3, -0.25) is 14.6 Å². The minimum Gasteiger partial charge on any atom is -0.379 e. The second-order valence-electron chi connectivity index (χ2n) is 6.05. The van der Waals surface area contributed by atoms with Gasteiger partial charge in [-0.25, -0.2) is 0 Å². The van der Waals surface area contributed by atoms with Crippen molar-refractivity contribution >= 4 is 34.4 Å². The molecule has 0 radical (unpaired) electrons. The highest BCUT2D eigenvalue weighted by Gasteiger charge is 2.30. The summed E-state index contributed by atoms with van der Waals surface area (Å²) in [5, 5.41) is 6.15. The molecule has 0 aliphatic carbocycles. The van der Waals surface area contributed by atoms with Crippen LogP contribution in [0.5, 0.6) is 0 Å². The molecule has 1 saturated heterocycles. The summed E-state index contributed by atoms with van der Waals surface area (Å²) in [4.78, 5) is 28.0. The van der Waals surface area contributed by atoms with E-state index < -0.39 is 6.04 Å². The second-order valence-corrected chi connectivity index (χ2v) is 7.17. The van der Waals surface area contributed by atoms with Gasteiger partial charge in [-0.2, -0.15) is 0 Å². The number of rotatable bonds is 3. The largest absolute Gasteiger partial charge is 0.379 e. The number of amidine groups is 1. The summed E-state index contributed by atoms with van der Waals surface area (Å²) >= 11 is 1.56. The van der Waals surface area contributed by atoms with Gasteiger partial charge < -0.3 is 16.4 Å². The first-order valence-electron chi connectivity index (χ1n) is 7.65. The van der Waals surface area contributed by atoms with Crippen LogP contribution in [0, 0.1) is 0 Å². The minimum atomic E-state index is -0.443. The van der Waals surface area contributed by atoms with Crippen LogP contribution in [0.2, 0.25) is 0 Å². The Morgan fingerprint density at radius 2 is 2.35 bits per heavy atom. The molecule has 0 unspecified atom stereocenters. The molecule has 0 bridgehead atoms. The maximum atomic E-state index is 12.2. The number of benzene rings is 1.